The highest BCUT2D eigenvalue weighted by Crippen LogP contribution is 2.00. The average Bonchev–Trinajstić information content (AvgIpc) is 1.80. The molecule has 4 N–H and O–H groups in total. The van der Waals surface area contributed by atoms with Gasteiger partial charge in [0.25, 0.3) is 0 Å². The lowest BCUT2D eigenvalue weighted by Crippen LogP contribution is -2.13. The smallest absolute Gasteiger partial charge is 0.166 e. The molecule has 0 fully saturated rings. The minimum absolute atomic E-state index is 0.176. The molecular weight excluding hydrogens is 115 g/mol. The fourth-order valence-corrected chi connectivity index (χ4v) is 0.427. The maximum absolute atomic E-state index is 5.24. The molecule has 2 radical (unpaired) electrons. The first-order chi connectivity index (χ1) is 4.20. The zero-order valence-corrected chi connectivity index (χ0v) is 4.70. The lowest BCUT2D eigenvalue weighted by atomic mass is 10.1. The van der Waals surface area contributed by atoms with E-state index in [1.165, 1.54) is 6.20 Å². The van der Waals surface area contributed by atoms with E-state index in [0.717, 1.165) is 0 Å². The fourth-order valence-electron chi connectivity index (χ4n) is 0.427. The van der Waals surface area contributed by atoms with Crippen LogP contribution in [0, 0.1) is 0 Å². The molecule has 1 aromatic heterocycles. The van der Waals surface area contributed by atoms with E-state index in [1.807, 2.05) is 0 Å². The highest BCUT2D eigenvalue weighted by molar-refractivity contribution is 6.30. The number of nitrogen functional groups attached to an aromatic ring is 2. The maximum Gasteiger partial charge on any atom is 0.166 e. The van der Waals surface area contributed by atoms with Crippen LogP contribution in [-0.4, -0.2) is 17.8 Å². The lowest BCUT2D eigenvalue weighted by molar-refractivity contribution is 1.26. The standard InChI is InChI=1S/C4H5BN4/c5-2-1-8-3(6)4(7)9-2/h1H,(H2,6,8)(H2,7,9). The third-order valence-corrected chi connectivity index (χ3v) is 0.848. The molecule has 0 amide bonds. The van der Waals surface area contributed by atoms with E-state index < -0.39 is 0 Å². The zero-order chi connectivity index (χ0) is 6.85. The Bertz CT molecular complexity index is 224. The minimum Gasteiger partial charge on any atom is -0.381 e. The van der Waals surface area contributed by atoms with Crippen LogP contribution in [-0.2, 0) is 0 Å². The maximum atomic E-state index is 5.24. The predicted octanol–water partition coefficient (Wildman–Crippen LogP) is -1.57. The molecule has 1 rings (SSSR count). The molecule has 1 aromatic rings. The Labute approximate surface area is 53.7 Å². The van der Waals surface area contributed by atoms with Crippen LogP contribution in [0.5, 0.6) is 0 Å². The molecule has 0 aliphatic carbocycles. The Balaban J connectivity index is 3.17. The molecule has 0 aromatic carbocycles. The molecular formula is C4H5BN4. The van der Waals surface area contributed by atoms with Crippen molar-refractivity contribution in [1.82, 2.24) is 9.97 Å². The molecule has 0 atom stereocenters. The van der Waals surface area contributed by atoms with Gasteiger partial charge in [-0.25, -0.2) is 9.97 Å². The summed E-state index contributed by atoms with van der Waals surface area (Å²) in [6, 6.07) is 0. The summed E-state index contributed by atoms with van der Waals surface area (Å²) in [5.74, 6) is 0.388. The van der Waals surface area contributed by atoms with E-state index in [1.54, 1.807) is 0 Å². The number of hydrogen-bond acceptors (Lipinski definition) is 4. The van der Waals surface area contributed by atoms with E-state index in [2.05, 4.69) is 9.97 Å². The van der Waals surface area contributed by atoms with Crippen LogP contribution in [0.4, 0.5) is 11.6 Å². The Morgan fingerprint density at radius 3 is 2.44 bits per heavy atom. The minimum atomic E-state index is 0.176. The summed E-state index contributed by atoms with van der Waals surface area (Å²) in [6.07, 6.45) is 1.35. The van der Waals surface area contributed by atoms with Gasteiger partial charge in [-0.05, 0) is 0 Å². The molecule has 1 heterocycles. The van der Waals surface area contributed by atoms with Crippen LogP contribution in [0.3, 0.4) is 0 Å². The summed E-state index contributed by atoms with van der Waals surface area (Å²) in [7, 11) is 5.22. The summed E-state index contributed by atoms with van der Waals surface area (Å²) in [5.41, 5.74) is 10.8. The number of nitrogens with zero attached hydrogens (tertiary/aromatic N) is 2. The van der Waals surface area contributed by atoms with Gasteiger partial charge in [-0.2, -0.15) is 0 Å². The van der Waals surface area contributed by atoms with Crippen molar-refractivity contribution >= 4 is 25.1 Å². The van der Waals surface area contributed by atoms with Crippen LogP contribution >= 0.6 is 0 Å². The van der Waals surface area contributed by atoms with E-state index >= 15 is 0 Å². The SMILES string of the molecule is [B]c1cnc(N)c(N)n1. The van der Waals surface area contributed by atoms with Gasteiger partial charge >= 0.3 is 0 Å². The van der Waals surface area contributed by atoms with Gasteiger partial charge in [0.05, 0.1) is 0 Å². The predicted molar refractivity (Wildman–Crippen MR) is 36.2 cm³/mol. The quantitative estimate of drug-likeness (QED) is 0.405. The van der Waals surface area contributed by atoms with Crippen LogP contribution < -0.4 is 17.1 Å². The second kappa shape index (κ2) is 1.93. The Morgan fingerprint density at radius 2 is 2.00 bits per heavy atom. The number of nitrogens with two attached hydrogens (primary N) is 2. The van der Waals surface area contributed by atoms with Crippen molar-refractivity contribution in [3.63, 3.8) is 0 Å². The van der Waals surface area contributed by atoms with E-state index in [9.17, 15) is 0 Å². The summed E-state index contributed by atoms with van der Waals surface area (Å²) in [5, 5.41) is 0. The van der Waals surface area contributed by atoms with Gasteiger partial charge in [-0.15, -0.1) is 0 Å². The van der Waals surface area contributed by atoms with Gasteiger partial charge in [0.2, 0.25) is 0 Å². The van der Waals surface area contributed by atoms with Gasteiger partial charge < -0.3 is 11.5 Å². The summed E-state index contributed by atoms with van der Waals surface area (Å²) in [6.45, 7) is 0. The third kappa shape index (κ3) is 1.10. The van der Waals surface area contributed by atoms with Gasteiger partial charge in [0, 0.05) is 11.8 Å². The number of hydrogen-bond donors (Lipinski definition) is 2. The van der Waals surface area contributed by atoms with E-state index in [0.29, 0.717) is 0 Å². The third-order valence-electron chi connectivity index (χ3n) is 0.848. The average molecular weight is 120 g/mol. The van der Waals surface area contributed by atoms with Crippen LogP contribution in [0.2, 0.25) is 0 Å². The molecule has 0 aliphatic rings. The van der Waals surface area contributed by atoms with Crippen molar-refractivity contribution in [3.05, 3.63) is 6.20 Å². The Kier molecular flexibility index (Phi) is 1.26. The summed E-state index contributed by atoms with van der Waals surface area (Å²) >= 11 is 0. The van der Waals surface area contributed by atoms with Gasteiger partial charge in [0.1, 0.15) is 7.85 Å². The summed E-state index contributed by atoms with van der Waals surface area (Å²) in [4.78, 5) is 7.28. The number of aromatic nitrogens is 2. The second-order valence-electron chi connectivity index (χ2n) is 1.57. The molecule has 0 aliphatic heterocycles. The molecule has 0 saturated carbocycles. The molecule has 0 bridgehead atoms. The van der Waals surface area contributed by atoms with Crippen molar-refractivity contribution in [2.75, 3.05) is 11.5 Å². The Morgan fingerprint density at radius 1 is 1.33 bits per heavy atom. The number of rotatable bonds is 0. The molecule has 5 heteroatoms. The fraction of sp³-hybridized carbons (Fsp3) is 0. The van der Waals surface area contributed by atoms with Crippen molar-refractivity contribution < 1.29 is 0 Å². The molecule has 0 saturated heterocycles. The van der Waals surface area contributed by atoms with Crippen LogP contribution in [0.25, 0.3) is 0 Å². The largest absolute Gasteiger partial charge is 0.381 e. The van der Waals surface area contributed by atoms with E-state index in [-0.39, 0.29) is 17.2 Å². The Hall–Kier alpha value is -1.26. The van der Waals surface area contributed by atoms with Crippen molar-refractivity contribution in [2.24, 2.45) is 0 Å². The molecule has 4 nitrogen and oxygen atoms in total. The first kappa shape index (κ1) is 5.87. The second-order valence-corrected chi connectivity index (χ2v) is 1.57. The topological polar surface area (TPSA) is 77.8 Å². The normalized spacial score (nSPS) is 9.33. The molecule has 44 valence electrons. The first-order valence-corrected chi connectivity index (χ1v) is 2.33. The van der Waals surface area contributed by atoms with Crippen LogP contribution in [0.1, 0.15) is 0 Å². The molecule has 9 heavy (non-hydrogen) atoms. The lowest BCUT2D eigenvalue weighted by Gasteiger charge is -1.96. The monoisotopic (exact) mass is 120 g/mol. The van der Waals surface area contributed by atoms with Crippen molar-refractivity contribution in [2.45, 2.75) is 0 Å². The van der Waals surface area contributed by atoms with Gasteiger partial charge in [-0.1, -0.05) is 0 Å². The molecule has 0 spiro atoms. The first-order valence-electron chi connectivity index (χ1n) is 2.33. The number of anilines is 2. The van der Waals surface area contributed by atoms with Crippen molar-refractivity contribution in [3.8, 4) is 0 Å². The summed E-state index contributed by atoms with van der Waals surface area (Å²) < 4.78 is 0. The van der Waals surface area contributed by atoms with Gasteiger partial charge in [-0.3, -0.25) is 0 Å². The highest BCUT2D eigenvalue weighted by Gasteiger charge is 1.93. The van der Waals surface area contributed by atoms with Gasteiger partial charge in [0.15, 0.2) is 11.6 Å². The zero-order valence-electron chi connectivity index (χ0n) is 4.70. The highest BCUT2D eigenvalue weighted by atomic mass is 15.0. The molecule has 0 unspecified atom stereocenters. The van der Waals surface area contributed by atoms with E-state index in [4.69, 9.17) is 19.3 Å². The van der Waals surface area contributed by atoms with Crippen molar-refractivity contribution in [1.29, 1.82) is 0 Å². The van der Waals surface area contributed by atoms with Crippen LogP contribution in [0.15, 0.2) is 6.20 Å².